The minimum Gasteiger partial charge on any atom is -0.357 e. The quantitative estimate of drug-likeness (QED) is 0.565. The third-order valence-corrected chi connectivity index (χ3v) is 6.18. The molecule has 6 nitrogen and oxygen atoms in total. The van der Waals surface area contributed by atoms with E-state index in [0.29, 0.717) is 11.8 Å². The molecule has 1 saturated heterocycles. The van der Waals surface area contributed by atoms with Crippen LogP contribution in [0.15, 0.2) is 29.3 Å². The highest BCUT2D eigenvalue weighted by atomic mass is 16.2. The number of carbonyl (C=O) groups excluding carboxylic acids is 1. The van der Waals surface area contributed by atoms with Gasteiger partial charge in [-0.1, -0.05) is 30.7 Å². The number of aryl methyl sites for hydroxylation is 1. The maximum Gasteiger partial charge on any atom is 0.225 e. The predicted molar refractivity (Wildman–Crippen MR) is 119 cm³/mol. The highest BCUT2D eigenvalue weighted by Crippen LogP contribution is 2.28. The Hall–Kier alpha value is -2.08. The lowest BCUT2D eigenvalue weighted by atomic mass is 9.84. The van der Waals surface area contributed by atoms with Crippen LogP contribution in [0.5, 0.6) is 0 Å². The molecule has 1 aromatic carbocycles. The molecular weight excluding hydrogens is 362 g/mol. The van der Waals surface area contributed by atoms with E-state index in [1.54, 1.807) is 0 Å². The van der Waals surface area contributed by atoms with Crippen molar-refractivity contribution in [3.05, 3.63) is 35.4 Å². The molecule has 3 rings (SSSR count). The van der Waals surface area contributed by atoms with E-state index < -0.39 is 0 Å². The maximum atomic E-state index is 12.4. The van der Waals surface area contributed by atoms with E-state index >= 15 is 0 Å². The van der Waals surface area contributed by atoms with Crippen LogP contribution < -0.4 is 5.32 Å². The molecule has 6 heteroatoms. The summed E-state index contributed by atoms with van der Waals surface area (Å²) in [5.41, 5.74) is 2.64. The third kappa shape index (κ3) is 5.95. The first-order valence-corrected chi connectivity index (χ1v) is 11.1. The Morgan fingerprint density at radius 3 is 2.55 bits per heavy atom. The summed E-state index contributed by atoms with van der Waals surface area (Å²) >= 11 is 0. The van der Waals surface area contributed by atoms with Crippen LogP contribution in [0.4, 0.5) is 0 Å². The molecule has 1 N–H and O–H groups in total. The maximum absolute atomic E-state index is 12.4. The number of rotatable bonds is 7. The number of guanidine groups is 1. The van der Waals surface area contributed by atoms with Crippen LogP contribution in [-0.4, -0.2) is 79.4 Å². The van der Waals surface area contributed by atoms with E-state index in [1.807, 2.05) is 0 Å². The van der Waals surface area contributed by atoms with Gasteiger partial charge in [-0.25, -0.2) is 0 Å². The molecule has 1 amide bonds. The molecule has 0 radical (unpaired) electrons. The molecule has 0 aromatic heterocycles. The Morgan fingerprint density at radius 1 is 1.21 bits per heavy atom. The molecule has 160 valence electrons. The molecule has 1 heterocycles. The van der Waals surface area contributed by atoms with Crippen molar-refractivity contribution in [3.8, 4) is 0 Å². The lowest BCUT2D eigenvalue weighted by Gasteiger charge is -2.38. The van der Waals surface area contributed by atoms with Crippen LogP contribution in [0, 0.1) is 12.8 Å². The number of nitrogens with one attached hydrogen (secondary N) is 1. The predicted octanol–water partition coefficient (Wildman–Crippen LogP) is 2.34. The fourth-order valence-corrected chi connectivity index (χ4v) is 3.99. The molecule has 2 fully saturated rings. The van der Waals surface area contributed by atoms with Crippen LogP contribution in [0.2, 0.25) is 0 Å². The molecule has 1 aliphatic heterocycles. The van der Waals surface area contributed by atoms with Crippen molar-refractivity contribution in [3.63, 3.8) is 0 Å². The third-order valence-electron chi connectivity index (χ3n) is 6.18. The van der Waals surface area contributed by atoms with E-state index in [0.717, 1.165) is 71.2 Å². The molecule has 2 aliphatic rings. The Kier molecular flexibility index (Phi) is 7.92. The molecule has 29 heavy (non-hydrogen) atoms. The number of nitrogens with zero attached hydrogens (tertiary/aromatic N) is 4. The van der Waals surface area contributed by atoms with Gasteiger partial charge in [-0.2, -0.15) is 0 Å². The van der Waals surface area contributed by atoms with E-state index in [1.165, 1.54) is 17.5 Å². The Balaban J connectivity index is 1.45. The topological polar surface area (TPSA) is 51.2 Å². The minimum absolute atomic E-state index is 0.317. The average molecular weight is 400 g/mol. The Labute approximate surface area is 176 Å². The first-order chi connectivity index (χ1) is 14.1. The largest absolute Gasteiger partial charge is 0.357 e. The van der Waals surface area contributed by atoms with Gasteiger partial charge in [0.2, 0.25) is 5.91 Å². The summed E-state index contributed by atoms with van der Waals surface area (Å²) in [6.45, 7) is 11.3. The summed E-state index contributed by atoms with van der Waals surface area (Å²) in [5.74, 6) is 1.66. The van der Waals surface area contributed by atoms with Crippen molar-refractivity contribution >= 4 is 11.9 Å². The summed E-state index contributed by atoms with van der Waals surface area (Å²) in [4.78, 5) is 23.9. The standard InChI is InChI=1S/C23H37N5O/c1-4-24-23(26(3)18-21-9-6-5-8-19(21)2)25-12-13-27-14-16-28(17-15-27)22(29)20-10-7-11-20/h5-6,8-9,20H,4,7,10-18H2,1-3H3,(H,24,25). The molecule has 0 spiro atoms. The zero-order valence-electron chi connectivity index (χ0n) is 18.4. The van der Waals surface area contributed by atoms with Crippen LogP contribution in [0.25, 0.3) is 0 Å². The van der Waals surface area contributed by atoms with Crippen molar-refractivity contribution in [2.24, 2.45) is 10.9 Å². The van der Waals surface area contributed by atoms with Crippen LogP contribution in [0.1, 0.15) is 37.3 Å². The van der Waals surface area contributed by atoms with Crippen LogP contribution >= 0.6 is 0 Å². The highest BCUT2D eigenvalue weighted by molar-refractivity contribution is 5.80. The first kappa shape index (κ1) is 21.6. The summed E-state index contributed by atoms with van der Waals surface area (Å²) in [7, 11) is 2.10. The van der Waals surface area contributed by atoms with E-state index in [-0.39, 0.29) is 0 Å². The number of piperazine rings is 1. The summed E-state index contributed by atoms with van der Waals surface area (Å²) in [6.07, 6.45) is 3.41. The number of carbonyl (C=O) groups is 1. The van der Waals surface area contributed by atoms with Crippen LogP contribution in [0.3, 0.4) is 0 Å². The van der Waals surface area contributed by atoms with Crippen molar-refractivity contribution < 1.29 is 4.79 Å². The Morgan fingerprint density at radius 2 is 1.93 bits per heavy atom. The van der Waals surface area contributed by atoms with Crippen molar-refractivity contribution in [2.75, 3.05) is 52.9 Å². The zero-order valence-corrected chi connectivity index (χ0v) is 18.4. The molecule has 0 atom stereocenters. The van der Waals surface area contributed by atoms with Gasteiger partial charge in [-0.05, 0) is 37.8 Å². The van der Waals surface area contributed by atoms with Crippen molar-refractivity contribution in [2.45, 2.75) is 39.7 Å². The van der Waals surface area contributed by atoms with Gasteiger partial charge < -0.3 is 15.1 Å². The number of amides is 1. The molecular formula is C23H37N5O. The Bertz CT molecular complexity index is 692. The molecule has 1 saturated carbocycles. The SMILES string of the molecule is CCNC(=NCCN1CCN(C(=O)C2CCC2)CC1)N(C)Cc1ccccc1C. The number of hydrogen-bond donors (Lipinski definition) is 1. The average Bonchev–Trinajstić information content (AvgIpc) is 2.68. The molecule has 1 aliphatic carbocycles. The normalized spacial score (nSPS) is 18.4. The van der Waals surface area contributed by atoms with Gasteiger partial charge in [0, 0.05) is 58.8 Å². The van der Waals surface area contributed by atoms with Gasteiger partial charge in [-0.15, -0.1) is 0 Å². The molecule has 0 bridgehead atoms. The van der Waals surface area contributed by atoms with Crippen LogP contribution in [-0.2, 0) is 11.3 Å². The van der Waals surface area contributed by atoms with Crippen molar-refractivity contribution in [1.82, 2.24) is 20.0 Å². The number of aliphatic imine (C=N–C) groups is 1. The summed E-state index contributed by atoms with van der Waals surface area (Å²) in [5, 5.41) is 3.41. The summed E-state index contributed by atoms with van der Waals surface area (Å²) in [6, 6.07) is 8.51. The van der Waals surface area contributed by atoms with E-state index in [4.69, 9.17) is 4.99 Å². The summed E-state index contributed by atoms with van der Waals surface area (Å²) < 4.78 is 0. The number of hydrogen-bond acceptors (Lipinski definition) is 3. The second kappa shape index (κ2) is 10.6. The first-order valence-electron chi connectivity index (χ1n) is 11.1. The van der Waals surface area contributed by atoms with Gasteiger partial charge in [0.25, 0.3) is 0 Å². The van der Waals surface area contributed by atoms with Gasteiger partial charge in [-0.3, -0.25) is 14.7 Å². The van der Waals surface area contributed by atoms with Gasteiger partial charge >= 0.3 is 0 Å². The van der Waals surface area contributed by atoms with E-state index in [2.05, 4.69) is 65.2 Å². The lowest BCUT2D eigenvalue weighted by molar-refractivity contribution is -0.139. The smallest absolute Gasteiger partial charge is 0.225 e. The van der Waals surface area contributed by atoms with Gasteiger partial charge in [0.15, 0.2) is 5.96 Å². The second-order valence-electron chi connectivity index (χ2n) is 8.31. The van der Waals surface area contributed by atoms with Crippen molar-refractivity contribution in [1.29, 1.82) is 0 Å². The number of benzene rings is 1. The monoisotopic (exact) mass is 399 g/mol. The van der Waals surface area contributed by atoms with E-state index in [9.17, 15) is 4.79 Å². The van der Waals surface area contributed by atoms with Gasteiger partial charge in [0.1, 0.15) is 0 Å². The second-order valence-corrected chi connectivity index (χ2v) is 8.31. The fourth-order valence-electron chi connectivity index (χ4n) is 3.99. The fraction of sp³-hybridized carbons (Fsp3) is 0.652. The lowest BCUT2D eigenvalue weighted by Crippen LogP contribution is -2.51. The highest BCUT2D eigenvalue weighted by Gasteiger charge is 2.30. The zero-order chi connectivity index (χ0) is 20.6. The minimum atomic E-state index is 0.317. The molecule has 0 unspecified atom stereocenters. The molecule has 1 aromatic rings. The van der Waals surface area contributed by atoms with Gasteiger partial charge in [0.05, 0.1) is 6.54 Å².